The lowest BCUT2D eigenvalue weighted by molar-refractivity contribution is -0.138. The van der Waals surface area contributed by atoms with Crippen molar-refractivity contribution in [1.82, 2.24) is 9.80 Å². The lowest BCUT2D eigenvalue weighted by Crippen LogP contribution is -2.52. The summed E-state index contributed by atoms with van der Waals surface area (Å²) in [6, 6.07) is 7.55. The fourth-order valence-electron chi connectivity index (χ4n) is 2.56. The van der Waals surface area contributed by atoms with Crippen LogP contribution < -0.4 is 4.74 Å². The van der Waals surface area contributed by atoms with Gasteiger partial charge in [0.2, 0.25) is 11.8 Å². The van der Waals surface area contributed by atoms with E-state index in [4.69, 9.17) is 4.74 Å². The minimum Gasteiger partial charge on any atom is -0.497 e. The van der Waals surface area contributed by atoms with Crippen molar-refractivity contribution in [3.05, 3.63) is 29.8 Å². The SMILES string of the molecule is COc1ccc(CC(=O)N2CCN(C(=O)C(C)SC)CC2)cc1. The van der Waals surface area contributed by atoms with Crippen LogP contribution in [0.2, 0.25) is 0 Å². The number of piperazine rings is 1. The molecule has 6 heteroatoms. The molecular weight excluding hydrogens is 312 g/mol. The van der Waals surface area contributed by atoms with Crippen molar-refractivity contribution in [2.75, 3.05) is 39.5 Å². The third-order valence-corrected chi connectivity index (χ3v) is 5.07. The summed E-state index contributed by atoms with van der Waals surface area (Å²) in [7, 11) is 1.62. The van der Waals surface area contributed by atoms with E-state index in [-0.39, 0.29) is 17.1 Å². The fourth-order valence-corrected chi connectivity index (χ4v) is 2.91. The summed E-state index contributed by atoms with van der Waals surface area (Å²) in [5.74, 6) is 1.07. The lowest BCUT2D eigenvalue weighted by atomic mass is 10.1. The first kappa shape index (κ1) is 17.7. The molecule has 1 unspecified atom stereocenters. The van der Waals surface area contributed by atoms with Gasteiger partial charge in [-0.2, -0.15) is 11.8 Å². The van der Waals surface area contributed by atoms with Crippen LogP contribution >= 0.6 is 11.8 Å². The molecule has 1 aromatic rings. The molecule has 5 nitrogen and oxygen atoms in total. The fraction of sp³-hybridized carbons (Fsp3) is 0.529. The Kier molecular flexibility index (Phi) is 6.33. The normalized spacial score (nSPS) is 16.1. The number of nitrogens with zero attached hydrogens (tertiary/aromatic N) is 2. The zero-order valence-electron chi connectivity index (χ0n) is 13.9. The van der Waals surface area contributed by atoms with E-state index in [1.54, 1.807) is 18.9 Å². The molecule has 1 aliphatic rings. The van der Waals surface area contributed by atoms with Crippen LogP contribution in [0.5, 0.6) is 5.75 Å². The molecule has 1 fully saturated rings. The maximum absolute atomic E-state index is 12.4. The molecule has 0 spiro atoms. The predicted octanol–water partition coefficient (Wildman–Crippen LogP) is 1.66. The van der Waals surface area contributed by atoms with Crippen LogP contribution in [0, 0.1) is 0 Å². The minimum absolute atomic E-state index is 0.0171. The van der Waals surface area contributed by atoms with Crippen molar-refractivity contribution in [2.45, 2.75) is 18.6 Å². The first-order valence-electron chi connectivity index (χ1n) is 7.77. The lowest BCUT2D eigenvalue weighted by Gasteiger charge is -2.35. The number of hydrogen-bond donors (Lipinski definition) is 0. The van der Waals surface area contributed by atoms with E-state index in [1.807, 2.05) is 47.2 Å². The molecule has 1 saturated heterocycles. The van der Waals surface area contributed by atoms with E-state index in [0.717, 1.165) is 11.3 Å². The van der Waals surface area contributed by atoms with Gasteiger partial charge in [-0.3, -0.25) is 9.59 Å². The Balaban J connectivity index is 1.84. The molecule has 1 aliphatic heterocycles. The number of methoxy groups -OCH3 is 1. The number of benzene rings is 1. The standard InChI is InChI=1S/C17H24N2O3S/c1-13(23-3)17(21)19-10-8-18(9-11-19)16(20)12-14-4-6-15(22-2)7-5-14/h4-7,13H,8-12H2,1-3H3. The van der Waals surface area contributed by atoms with Crippen molar-refractivity contribution < 1.29 is 14.3 Å². The van der Waals surface area contributed by atoms with Gasteiger partial charge < -0.3 is 14.5 Å². The summed E-state index contributed by atoms with van der Waals surface area (Å²) in [4.78, 5) is 28.2. The third kappa shape index (κ3) is 4.64. The third-order valence-electron chi connectivity index (χ3n) is 4.16. The van der Waals surface area contributed by atoms with Crippen molar-refractivity contribution >= 4 is 23.6 Å². The van der Waals surface area contributed by atoms with Crippen molar-refractivity contribution in [3.63, 3.8) is 0 Å². The Bertz CT molecular complexity index is 539. The van der Waals surface area contributed by atoms with Crippen molar-refractivity contribution in [3.8, 4) is 5.75 Å². The number of carbonyl (C=O) groups excluding carboxylic acids is 2. The van der Waals surface area contributed by atoms with Crippen molar-refractivity contribution in [2.24, 2.45) is 0 Å². The van der Waals surface area contributed by atoms with Crippen LogP contribution in [-0.2, 0) is 16.0 Å². The molecule has 1 aromatic carbocycles. The summed E-state index contributed by atoms with van der Waals surface area (Å²) in [5.41, 5.74) is 0.977. The van der Waals surface area contributed by atoms with Gasteiger partial charge in [-0.25, -0.2) is 0 Å². The molecule has 2 amide bonds. The summed E-state index contributed by atoms with van der Waals surface area (Å²) in [6.07, 6.45) is 2.33. The number of carbonyl (C=O) groups is 2. The smallest absolute Gasteiger partial charge is 0.235 e. The molecule has 0 N–H and O–H groups in total. The van der Waals surface area contributed by atoms with Gasteiger partial charge in [0.05, 0.1) is 18.8 Å². The molecular formula is C17H24N2O3S. The molecule has 0 aromatic heterocycles. The zero-order valence-corrected chi connectivity index (χ0v) is 14.8. The monoisotopic (exact) mass is 336 g/mol. The first-order chi connectivity index (χ1) is 11.0. The Morgan fingerprint density at radius 2 is 1.70 bits per heavy atom. The van der Waals surface area contributed by atoms with E-state index in [1.165, 1.54) is 0 Å². The molecule has 1 atom stereocenters. The van der Waals surface area contributed by atoms with Crippen LogP contribution in [0.1, 0.15) is 12.5 Å². The van der Waals surface area contributed by atoms with E-state index < -0.39 is 0 Å². The Morgan fingerprint density at radius 3 is 2.22 bits per heavy atom. The molecule has 126 valence electrons. The van der Waals surface area contributed by atoms with E-state index in [2.05, 4.69) is 0 Å². The van der Waals surface area contributed by atoms with Crippen LogP contribution in [-0.4, -0.2) is 66.4 Å². The maximum atomic E-state index is 12.4. The molecule has 23 heavy (non-hydrogen) atoms. The highest BCUT2D eigenvalue weighted by Crippen LogP contribution is 2.14. The Hall–Kier alpha value is -1.69. The van der Waals surface area contributed by atoms with Gasteiger partial charge in [-0.05, 0) is 30.9 Å². The van der Waals surface area contributed by atoms with Gasteiger partial charge in [-0.15, -0.1) is 0 Å². The van der Waals surface area contributed by atoms with Gasteiger partial charge in [0, 0.05) is 26.2 Å². The van der Waals surface area contributed by atoms with Gasteiger partial charge >= 0.3 is 0 Å². The number of amides is 2. The summed E-state index contributed by atoms with van der Waals surface area (Å²) in [6.45, 7) is 4.40. The summed E-state index contributed by atoms with van der Waals surface area (Å²) < 4.78 is 5.12. The zero-order chi connectivity index (χ0) is 16.8. The highest BCUT2D eigenvalue weighted by Gasteiger charge is 2.26. The molecule has 1 heterocycles. The Morgan fingerprint density at radius 1 is 1.13 bits per heavy atom. The number of rotatable bonds is 5. The Labute approximate surface area is 142 Å². The van der Waals surface area contributed by atoms with Gasteiger partial charge in [0.1, 0.15) is 5.75 Å². The largest absolute Gasteiger partial charge is 0.497 e. The van der Waals surface area contributed by atoms with Crippen LogP contribution in [0.25, 0.3) is 0 Å². The van der Waals surface area contributed by atoms with Crippen molar-refractivity contribution in [1.29, 1.82) is 0 Å². The predicted molar refractivity (Wildman–Crippen MR) is 92.8 cm³/mol. The molecule has 0 saturated carbocycles. The topological polar surface area (TPSA) is 49.9 Å². The van der Waals surface area contributed by atoms with E-state index >= 15 is 0 Å². The quantitative estimate of drug-likeness (QED) is 0.821. The number of hydrogen-bond acceptors (Lipinski definition) is 4. The average molecular weight is 336 g/mol. The van der Waals surface area contributed by atoms with E-state index in [0.29, 0.717) is 32.6 Å². The highest BCUT2D eigenvalue weighted by molar-refractivity contribution is 7.99. The second kappa shape index (κ2) is 8.24. The molecule has 2 rings (SSSR count). The first-order valence-corrected chi connectivity index (χ1v) is 9.06. The highest BCUT2D eigenvalue weighted by atomic mass is 32.2. The van der Waals surface area contributed by atoms with Gasteiger partial charge in [0.15, 0.2) is 0 Å². The molecule has 0 radical (unpaired) electrons. The van der Waals surface area contributed by atoms with E-state index in [9.17, 15) is 9.59 Å². The second-order valence-corrected chi connectivity index (χ2v) is 6.79. The average Bonchev–Trinajstić information content (AvgIpc) is 2.61. The molecule has 0 bridgehead atoms. The van der Waals surface area contributed by atoms with Crippen LogP contribution in [0.4, 0.5) is 0 Å². The van der Waals surface area contributed by atoms with Gasteiger partial charge in [-0.1, -0.05) is 12.1 Å². The summed E-state index contributed by atoms with van der Waals surface area (Å²) >= 11 is 1.56. The number of thioether (sulfide) groups is 1. The van der Waals surface area contributed by atoms with Crippen LogP contribution in [0.15, 0.2) is 24.3 Å². The summed E-state index contributed by atoms with van der Waals surface area (Å²) in [5, 5.41) is -0.0171. The van der Waals surface area contributed by atoms with Gasteiger partial charge in [0.25, 0.3) is 0 Å². The minimum atomic E-state index is -0.0171. The number of ether oxygens (including phenoxy) is 1. The maximum Gasteiger partial charge on any atom is 0.235 e. The van der Waals surface area contributed by atoms with Crippen LogP contribution in [0.3, 0.4) is 0 Å². The second-order valence-electron chi connectivity index (χ2n) is 5.61. The molecule has 0 aliphatic carbocycles.